The zero-order valence-corrected chi connectivity index (χ0v) is 13.6. The number of hydrogen-bond donors (Lipinski definition) is 1. The number of hydrogen-bond acceptors (Lipinski definition) is 2. The number of nitrogens with one attached hydrogen (secondary N) is 1. The van der Waals surface area contributed by atoms with E-state index >= 15 is 0 Å². The molecule has 1 aliphatic rings. The molecule has 0 amide bonds. The number of aryl methyl sites for hydroxylation is 1. The van der Waals surface area contributed by atoms with Gasteiger partial charge >= 0.3 is 0 Å². The monoisotopic (exact) mass is 297 g/mol. The Morgan fingerprint density at radius 3 is 2.67 bits per heavy atom. The zero-order chi connectivity index (χ0) is 14.7. The molecule has 21 heavy (non-hydrogen) atoms. The van der Waals surface area contributed by atoms with Gasteiger partial charge in [-0.3, -0.25) is 0 Å². The second-order valence-electron chi connectivity index (χ2n) is 5.76. The first-order valence-corrected chi connectivity index (χ1v) is 8.71. The predicted octanol–water partition coefficient (Wildman–Crippen LogP) is 4.75. The highest BCUT2D eigenvalue weighted by Crippen LogP contribution is 2.43. The van der Waals surface area contributed by atoms with Gasteiger partial charge in [0.15, 0.2) is 0 Å². The minimum absolute atomic E-state index is 0.434. The summed E-state index contributed by atoms with van der Waals surface area (Å²) in [6.07, 6.45) is 2.34. The molecule has 0 spiro atoms. The summed E-state index contributed by atoms with van der Waals surface area (Å²) in [5.41, 5.74) is 4.35. The average molecular weight is 297 g/mol. The van der Waals surface area contributed by atoms with Crippen LogP contribution >= 0.6 is 11.8 Å². The summed E-state index contributed by atoms with van der Waals surface area (Å²) in [6.45, 7) is 5.54. The van der Waals surface area contributed by atoms with Crippen molar-refractivity contribution in [2.75, 3.05) is 6.54 Å². The molecular weight excluding hydrogens is 274 g/mol. The van der Waals surface area contributed by atoms with Gasteiger partial charge in [-0.25, -0.2) is 0 Å². The Labute approximate surface area is 132 Å². The van der Waals surface area contributed by atoms with E-state index in [-0.39, 0.29) is 0 Å². The van der Waals surface area contributed by atoms with Crippen molar-refractivity contribution in [1.82, 2.24) is 5.32 Å². The third kappa shape index (κ3) is 3.17. The third-order valence-corrected chi connectivity index (χ3v) is 5.58. The van der Waals surface area contributed by atoms with Crippen molar-refractivity contribution in [1.29, 1.82) is 0 Å². The fourth-order valence-corrected chi connectivity index (χ4v) is 4.50. The summed E-state index contributed by atoms with van der Waals surface area (Å²) < 4.78 is 0. The summed E-state index contributed by atoms with van der Waals surface area (Å²) in [5.74, 6) is 0. The van der Waals surface area contributed by atoms with Crippen LogP contribution in [0.5, 0.6) is 0 Å². The molecule has 0 saturated carbocycles. The lowest BCUT2D eigenvalue weighted by atomic mass is 9.95. The Bertz CT molecular complexity index is 583. The van der Waals surface area contributed by atoms with Gasteiger partial charge in [-0.2, -0.15) is 0 Å². The molecule has 0 aliphatic carbocycles. The van der Waals surface area contributed by atoms with Crippen molar-refractivity contribution in [3.05, 3.63) is 65.2 Å². The normalized spacial score (nSPS) is 18.5. The van der Waals surface area contributed by atoms with Crippen LogP contribution < -0.4 is 5.32 Å². The molecule has 1 nitrogen and oxygen atoms in total. The predicted molar refractivity (Wildman–Crippen MR) is 92.0 cm³/mol. The summed E-state index contributed by atoms with van der Waals surface area (Å²) in [5, 5.41) is 4.38. The molecule has 1 heterocycles. The highest BCUT2D eigenvalue weighted by molar-refractivity contribution is 8.00. The maximum atomic E-state index is 3.78. The topological polar surface area (TPSA) is 12.0 Å². The van der Waals surface area contributed by atoms with Crippen molar-refractivity contribution < 1.29 is 0 Å². The maximum absolute atomic E-state index is 3.78. The van der Waals surface area contributed by atoms with Crippen LogP contribution in [0.25, 0.3) is 0 Å². The van der Waals surface area contributed by atoms with Gasteiger partial charge in [-0.15, -0.1) is 11.8 Å². The van der Waals surface area contributed by atoms with E-state index < -0.39 is 0 Å². The van der Waals surface area contributed by atoms with Crippen molar-refractivity contribution in [3.8, 4) is 0 Å². The lowest BCUT2D eigenvalue weighted by Gasteiger charge is -2.26. The fourth-order valence-electron chi connectivity index (χ4n) is 3.07. The van der Waals surface area contributed by atoms with Gasteiger partial charge in [0.05, 0.1) is 0 Å². The van der Waals surface area contributed by atoms with E-state index in [1.807, 2.05) is 11.8 Å². The SMILES string of the molecule is CCCNC(c1ccccc1C)C1Cc2ccccc2S1. The molecule has 1 N–H and O–H groups in total. The molecular formula is C19H23NS. The van der Waals surface area contributed by atoms with E-state index in [0.29, 0.717) is 11.3 Å². The Kier molecular flexibility index (Phi) is 4.67. The van der Waals surface area contributed by atoms with Crippen molar-refractivity contribution in [2.24, 2.45) is 0 Å². The van der Waals surface area contributed by atoms with Crippen LogP contribution in [0.15, 0.2) is 53.4 Å². The molecule has 1 aliphatic heterocycles. The third-order valence-electron chi connectivity index (χ3n) is 4.18. The maximum Gasteiger partial charge on any atom is 0.0450 e. The van der Waals surface area contributed by atoms with Crippen LogP contribution in [0.1, 0.15) is 36.1 Å². The van der Waals surface area contributed by atoms with E-state index in [9.17, 15) is 0 Å². The Morgan fingerprint density at radius 2 is 1.90 bits per heavy atom. The molecule has 0 aromatic heterocycles. The molecule has 110 valence electrons. The summed E-state index contributed by atoms with van der Waals surface area (Å²) in [4.78, 5) is 1.46. The summed E-state index contributed by atoms with van der Waals surface area (Å²) in [6, 6.07) is 18.1. The van der Waals surface area contributed by atoms with Gasteiger partial charge in [-0.05, 0) is 49.1 Å². The van der Waals surface area contributed by atoms with E-state index in [1.165, 1.54) is 28.0 Å². The first-order valence-electron chi connectivity index (χ1n) is 7.83. The van der Waals surface area contributed by atoms with Gasteiger partial charge in [0.2, 0.25) is 0 Å². The molecule has 0 saturated heterocycles. The molecule has 2 atom stereocenters. The minimum Gasteiger partial charge on any atom is -0.309 e. The minimum atomic E-state index is 0.434. The summed E-state index contributed by atoms with van der Waals surface area (Å²) in [7, 11) is 0. The molecule has 2 aromatic rings. The molecule has 2 aromatic carbocycles. The van der Waals surface area contributed by atoms with E-state index in [4.69, 9.17) is 0 Å². The number of thioether (sulfide) groups is 1. The molecule has 3 rings (SSSR count). The van der Waals surface area contributed by atoms with E-state index in [1.54, 1.807) is 0 Å². The fraction of sp³-hybridized carbons (Fsp3) is 0.368. The average Bonchev–Trinajstić information content (AvgIpc) is 2.93. The van der Waals surface area contributed by atoms with Gasteiger partial charge < -0.3 is 5.32 Å². The smallest absolute Gasteiger partial charge is 0.0450 e. The van der Waals surface area contributed by atoms with Crippen LogP contribution in [0.4, 0.5) is 0 Å². The largest absolute Gasteiger partial charge is 0.309 e. The Morgan fingerprint density at radius 1 is 1.14 bits per heavy atom. The molecule has 2 unspecified atom stereocenters. The van der Waals surface area contributed by atoms with Crippen molar-refractivity contribution in [2.45, 2.75) is 42.9 Å². The van der Waals surface area contributed by atoms with Gasteiger partial charge in [-0.1, -0.05) is 49.4 Å². The first-order chi connectivity index (χ1) is 10.3. The highest BCUT2D eigenvalue weighted by atomic mass is 32.2. The number of rotatable bonds is 5. The van der Waals surface area contributed by atoms with Crippen LogP contribution in [0, 0.1) is 6.92 Å². The zero-order valence-electron chi connectivity index (χ0n) is 12.8. The summed E-state index contributed by atoms with van der Waals surface area (Å²) >= 11 is 2.04. The molecule has 2 heteroatoms. The van der Waals surface area contributed by atoms with Crippen LogP contribution in [0.2, 0.25) is 0 Å². The van der Waals surface area contributed by atoms with Gasteiger partial charge in [0.1, 0.15) is 0 Å². The van der Waals surface area contributed by atoms with Gasteiger partial charge in [0.25, 0.3) is 0 Å². The van der Waals surface area contributed by atoms with Crippen molar-refractivity contribution in [3.63, 3.8) is 0 Å². The first kappa shape index (κ1) is 14.7. The molecule has 0 radical (unpaired) electrons. The van der Waals surface area contributed by atoms with Crippen LogP contribution in [0.3, 0.4) is 0 Å². The number of benzene rings is 2. The second kappa shape index (κ2) is 6.67. The van der Waals surface area contributed by atoms with Crippen LogP contribution in [-0.2, 0) is 6.42 Å². The number of fused-ring (bicyclic) bond motifs is 1. The quantitative estimate of drug-likeness (QED) is 0.854. The standard InChI is InChI=1S/C19H23NS/c1-3-12-20-19(16-10-6-4-8-14(16)2)18-13-15-9-5-7-11-17(15)21-18/h4-11,18-20H,3,12-13H2,1-2H3. The van der Waals surface area contributed by atoms with Gasteiger partial charge in [0, 0.05) is 16.2 Å². The Balaban J connectivity index is 1.86. The second-order valence-corrected chi connectivity index (χ2v) is 7.04. The lowest BCUT2D eigenvalue weighted by Crippen LogP contribution is -2.31. The Hall–Kier alpha value is -1.25. The molecule has 0 bridgehead atoms. The van der Waals surface area contributed by atoms with E-state index in [2.05, 4.69) is 67.7 Å². The lowest BCUT2D eigenvalue weighted by molar-refractivity contribution is 0.512. The highest BCUT2D eigenvalue weighted by Gasteiger charge is 2.30. The molecule has 0 fully saturated rings. The van der Waals surface area contributed by atoms with Crippen LogP contribution in [-0.4, -0.2) is 11.8 Å². The van der Waals surface area contributed by atoms with Crippen molar-refractivity contribution >= 4 is 11.8 Å². The van der Waals surface area contributed by atoms with E-state index in [0.717, 1.165) is 13.0 Å².